The van der Waals surface area contributed by atoms with E-state index in [4.69, 9.17) is 0 Å². The number of anilines is 3. The largest absolute Gasteiger partial charge is 0.368 e. The molecule has 36 heavy (non-hydrogen) atoms. The average molecular weight is 487 g/mol. The highest BCUT2D eigenvalue weighted by Crippen LogP contribution is 2.35. The van der Waals surface area contributed by atoms with Crippen LogP contribution < -0.4 is 20.4 Å². The number of nitrogens with one attached hydrogen (secondary N) is 2. The highest BCUT2D eigenvalue weighted by molar-refractivity contribution is 6.17. The molecule has 0 bridgehead atoms. The second-order valence-electron chi connectivity index (χ2n) is 9.72. The fourth-order valence-electron chi connectivity index (χ4n) is 5.11. The molecule has 2 fully saturated rings. The van der Waals surface area contributed by atoms with Crippen LogP contribution in [0, 0.1) is 6.92 Å². The van der Waals surface area contributed by atoms with E-state index in [1.54, 1.807) is 4.90 Å². The van der Waals surface area contributed by atoms with Gasteiger partial charge in [0, 0.05) is 45.3 Å². The molecule has 10 heteroatoms. The fraction of sp³-hybridized carbons (Fsp3) is 0.423. The fourth-order valence-corrected chi connectivity index (χ4v) is 5.11. The summed E-state index contributed by atoms with van der Waals surface area (Å²) in [5.74, 6) is 0.587. The van der Waals surface area contributed by atoms with Crippen molar-refractivity contribution in [2.24, 2.45) is 0 Å². The summed E-state index contributed by atoms with van der Waals surface area (Å²) in [5.41, 5.74) is 5.19. The summed E-state index contributed by atoms with van der Waals surface area (Å²) in [4.78, 5) is 44.7. The number of piperazine rings is 1. The summed E-state index contributed by atoms with van der Waals surface area (Å²) in [7, 11) is 0. The Hall–Kier alpha value is -3.79. The highest BCUT2D eigenvalue weighted by atomic mass is 16.2. The first-order valence-electron chi connectivity index (χ1n) is 12.6. The summed E-state index contributed by atoms with van der Waals surface area (Å²) >= 11 is 0. The van der Waals surface area contributed by atoms with Crippen LogP contribution in [0.15, 0.2) is 30.6 Å². The average Bonchev–Trinajstić information content (AvgIpc) is 3.69. The predicted molar refractivity (Wildman–Crippen MR) is 139 cm³/mol. The zero-order chi connectivity index (χ0) is 24.8. The first-order chi connectivity index (χ1) is 17.5. The van der Waals surface area contributed by atoms with Crippen LogP contribution in [0.1, 0.15) is 41.5 Å². The third-order valence-electron chi connectivity index (χ3n) is 7.16. The van der Waals surface area contributed by atoms with Gasteiger partial charge >= 0.3 is 6.03 Å². The van der Waals surface area contributed by atoms with E-state index in [1.165, 1.54) is 6.33 Å². The van der Waals surface area contributed by atoms with Crippen molar-refractivity contribution in [2.45, 2.75) is 39.3 Å². The number of urea groups is 1. The molecule has 2 aromatic heterocycles. The van der Waals surface area contributed by atoms with Crippen molar-refractivity contribution >= 4 is 40.0 Å². The van der Waals surface area contributed by atoms with Crippen molar-refractivity contribution in [1.29, 1.82) is 0 Å². The maximum absolute atomic E-state index is 12.5. The van der Waals surface area contributed by atoms with E-state index < -0.39 is 0 Å². The molecule has 6 rings (SSSR count). The lowest BCUT2D eigenvalue weighted by Crippen LogP contribution is -2.46. The van der Waals surface area contributed by atoms with Gasteiger partial charge in [0.25, 0.3) is 5.91 Å². The van der Waals surface area contributed by atoms with E-state index in [1.807, 2.05) is 32.0 Å². The van der Waals surface area contributed by atoms with Crippen LogP contribution in [0.3, 0.4) is 0 Å². The maximum Gasteiger partial charge on any atom is 0.327 e. The summed E-state index contributed by atoms with van der Waals surface area (Å²) in [5, 5.41) is 6.91. The van der Waals surface area contributed by atoms with Gasteiger partial charge in [-0.1, -0.05) is 0 Å². The molecule has 4 heterocycles. The van der Waals surface area contributed by atoms with E-state index in [-0.39, 0.29) is 11.9 Å². The van der Waals surface area contributed by atoms with Gasteiger partial charge in [0.15, 0.2) is 0 Å². The molecular formula is C26H30N8O2. The Bertz CT molecular complexity index is 1350. The molecule has 3 amide bonds. The van der Waals surface area contributed by atoms with Crippen molar-refractivity contribution in [3.63, 3.8) is 0 Å². The third kappa shape index (κ3) is 4.21. The van der Waals surface area contributed by atoms with Crippen molar-refractivity contribution in [3.05, 3.63) is 47.5 Å². The molecule has 2 aliphatic heterocycles. The summed E-state index contributed by atoms with van der Waals surface area (Å²) in [6.45, 7) is 8.81. The molecule has 1 saturated carbocycles. The van der Waals surface area contributed by atoms with Gasteiger partial charge in [-0.25, -0.2) is 19.7 Å². The first kappa shape index (κ1) is 22.7. The second-order valence-corrected chi connectivity index (χ2v) is 9.72. The molecule has 3 aliphatic rings. The van der Waals surface area contributed by atoms with Crippen molar-refractivity contribution in [1.82, 2.24) is 25.2 Å². The number of carbonyl (C=O) groups excluding carboxylic acids is 2. The topological polar surface area (TPSA) is 107 Å². The van der Waals surface area contributed by atoms with Crippen molar-refractivity contribution in [2.75, 3.05) is 47.8 Å². The van der Waals surface area contributed by atoms with Crippen molar-refractivity contribution < 1.29 is 9.59 Å². The number of rotatable bonds is 6. The predicted octanol–water partition coefficient (Wildman–Crippen LogP) is 2.92. The maximum atomic E-state index is 12.5. The molecule has 1 aromatic carbocycles. The van der Waals surface area contributed by atoms with Gasteiger partial charge in [-0.2, -0.15) is 0 Å². The van der Waals surface area contributed by atoms with Gasteiger partial charge in [-0.05, 0) is 56.5 Å². The number of hydrogen-bond donors (Lipinski definition) is 2. The van der Waals surface area contributed by atoms with Crippen LogP contribution in [0.4, 0.5) is 22.0 Å². The lowest BCUT2D eigenvalue weighted by Gasteiger charge is -2.36. The van der Waals surface area contributed by atoms with Gasteiger partial charge in [0.2, 0.25) is 0 Å². The van der Waals surface area contributed by atoms with Gasteiger partial charge in [0.1, 0.15) is 17.8 Å². The van der Waals surface area contributed by atoms with Crippen molar-refractivity contribution in [3.8, 4) is 0 Å². The lowest BCUT2D eigenvalue weighted by molar-refractivity contribution is 0.0946. The molecule has 0 radical (unpaired) electrons. The minimum Gasteiger partial charge on any atom is -0.368 e. The van der Waals surface area contributed by atoms with Crippen LogP contribution in [0.5, 0.6) is 0 Å². The normalized spacial score (nSPS) is 17.9. The molecule has 0 atom stereocenters. The Morgan fingerprint density at radius 1 is 1.14 bits per heavy atom. The Balaban J connectivity index is 1.13. The molecule has 3 aromatic rings. The minimum atomic E-state index is -0.157. The Labute approximate surface area is 209 Å². The Morgan fingerprint density at radius 2 is 1.94 bits per heavy atom. The molecule has 10 nitrogen and oxygen atoms in total. The molecule has 186 valence electrons. The SMILES string of the molecule is CCN1C(=O)Nc2cc(CN3CCN(c4ccc(C(=O)NC5CC5)nc4C)CC3)cc3ncnc1c23. The molecular weight excluding hydrogens is 456 g/mol. The van der Waals surface area contributed by atoms with Crippen LogP contribution in [-0.2, 0) is 6.54 Å². The Morgan fingerprint density at radius 3 is 2.67 bits per heavy atom. The lowest BCUT2D eigenvalue weighted by atomic mass is 10.1. The molecule has 2 N–H and O–H groups in total. The van der Waals surface area contributed by atoms with E-state index in [0.29, 0.717) is 24.1 Å². The summed E-state index contributed by atoms with van der Waals surface area (Å²) in [6.07, 6.45) is 3.66. The van der Waals surface area contributed by atoms with Crippen LogP contribution in [0.2, 0.25) is 0 Å². The van der Waals surface area contributed by atoms with E-state index in [9.17, 15) is 9.59 Å². The summed E-state index contributed by atoms with van der Waals surface area (Å²) in [6, 6.07) is 8.17. The van der Waals surface area contributed by atoms with Gasteiger partial charge < -0.3 is 15.5 Å². The first-order valence-corrected chi connectivity index (χ1v) is 12.6. The van der Waals surface area contributed by atoms with Gasteiger partial charge in [-0.15, -0.1) is 0 Å². The number of aryl methyl sites for hydroxylation is 1. The van der Waals surface area contributed by atoms with Crippen LogP contribution in [-0.4, -0.2) is 70.6 Å². The number of amides is 3. The van der Waals surface area contributed by atoms with Crippen LogP contribution in [0.25, 0.3) is 10.9 Å². The molecule has 1 saturated heterocycles. The number of hydrogen-bond acceptors (Lipinski definition) is 7. The van der Waals surface area contributed by atoms with Gasteiger partial charge in [0.05, 0.1) is 28.0 Å². The zero-order valence-corrected chi connectivity index (χ0v) is 20.6. The Kier molecular flexibility index (Phi) is 5.67. The number of pyridine rings is 1. The number of aromatic nitrogens is 3. The van der Waals surface area contributed by atoms with E-state index in [0.717, 1.165) is 79.1 Å². The second kappa shape index (κ2) is 9.02. The highest BCUT2D eigenvalue weighted by Gasteiger charge is 2.28. The van der Waals surface area contributed by atoms with Gasteiger partial charge in [-0.3, -0.25) is 14.6 Å². The monoisotopic (exact) mass is 486 g/mol. The molecule has 0 unspecified atom stereocenters. The number of carbonyl (C=O) groups is 2. The smallest absolute Gasteiger partial charge is 0.327 e. The quantitative estimate of drug-likeness (QED) is 0.552. The number of benzene rings is 1. The summed E-state index contributed by atoms with van der Waals surface area (Å²) < 4.78 is 0. The standard InChI is InChI=1S/C26H30N8O2/c1-3-34-24-23-20(27-15-28-24)12-17(13-21(23)31-26(34)36)14-32-8-10-33(11-9-32)22-7-6-19(29-16(22)2)25(35)30-18-4-5-18/h6-7,12-13,15,18H,3-5,8-11,14H2,1-2H3,(H,30,35)(H,31,36). The minimum absolute atomic E-state index is 0.0811. The van der Waals surface area contributed by atoms with E-state index in [2.05, 4.69) is 41.5 Å². The van der Waals surface area contributed by atoms with E-state index >= 15 is 0 Å². The third-order valence-corrected chi connectivity index (χ3v) is 7.16. The molecule has 0 spiro atoms. The van der Waals surface area contributed by atoms with Crippen LogP contribution >= 0.6 is 0 Å². The molecule has 1 aliphatic carbocycles. The zero-order valence-electron chi connectivity index (χ0n) is 20.6. The number of nitrogens with zero attached hydrogens (tertiary/aromatic N) is 6.